The number of hydrogen-bond acceptors (Lipinski definition) is 2. The third kappa shape index (κ3) is 2.34. The molecular weight excluding hydrogens is 312 g/mol. The smallest absolute Gasteiger partial charge is 0.143 e. The summed E-state index contributed by atoms with van der Waals surface area (Å²) in [6.45, 7) is 2.65. The van der Waals surface area contributed by atoms with Crippen molar-refractivity contribution in [3.8, 4) is 11.4 Å². The first-order chi connectivity index (χ1) is 10.0. The Balaban J connectivity index is 2.35. The summed E-state index contributed by atoms with van der Waals surface area (Å²) in [4.78, 5) is 4.48. The molecule has 1 heterocycles. The predicted octanol–water partition coefficient (Wildman–Crippen LogP) is 4.75. The molecule has 2 N–H and O–H groups in total. The Bertz CT molecular complexity index is 843. The van der Waals surface area contributed by atoms with E-state index < -0.39 is 0 Å². The molecule has 0 saturated carbocycles. The van der Waals surface area contributed by atoms with Crippen LogP contribution in [0, 0.1) is 5.82 Å². The summed E-state index contributed by atoms with van der Waals surface area (Å²) in [6.07, 6.45) is 0. The fourth-order valence-electron chi connectivity index (χ4n) is 2.40. The highest BCUT2D eigenvalue weighted by molar-refractivity contribution is 6.37. The molecule has 0 aliphatic rings. The number of nitrogens with two attached hydrogens (primary N) is 1. The van der Waals surface area contributed by atoms with Crippen LogP contribution in [0.15, 0.2) is 30.3 Å². The maximum atomic E-state index is 13.4. The molecule has 3 aromatic rings. The van der Waals surface area contributed by atoms with E-state index in [1.54, 1.807) is 18.2 Å². The van der Waals surface area contributed by atoms with E-state index in [1.807, 2.05) is 11.5 Å². The maximum Gasteiger partial charge on any atom is 0.143 e. The number of benzene rings is 2. The van der Waals surface area contributed by atoms with Gasteiger partial charge in [0.05, 0.1) is 21.7 Å². The highest BCUT2D eigenvalue weighted by atomic mass is 35.5. The summed E-state index contributed by atoms with van der Waals surface area (Å²) in [5.74, 6) is 0.298. The number of anilines is 1. The fourth-order valence-corrected chi connectivity index (χ4v) is 2.89. The molecule has 21 heavy (non-hydrogen) atoms. The lowest BCUT2D eigenvalue weighted by molar-refractivity contribution is 0.629. The SMILES string of the molecule is CCn1c(-c2cc(Cl)cc(Cl)c2N)nc2cc(F)ccc21. The molecule has 3 nitrogen and oxygen atoms in total. The van der Waals surface area contributed by atoms with Crippen molar-refractivity contribution in [2.45, 2.75) is 13.5 Å². The third-order valence-electron chi connectivity index (χ3n) is 3.36. The first kappa shape index (κ1) is 14.2. The average molecular weight is 324 g/mol. The minimum Gasteiger partial charge on any atom is -0.397 e. The molecule has 0 saturated heterocycles. The van der Waals surface area contributed by atoms with E-state index in [0.717, 1.165) is 5.52 Å². The molecule has 0 spiro atoms. The van der Waals surface area contributed by atoms with E-state index in [-0.39, 0.29) is 5.82 Å². The molecule has 0 atom stereocenters. The van der Waals surface area contributed by atoms with E-state index in [9.17, 15) is 4.39 Å². The van der Waals surface area contributed by atoms with Crippen molar-refractivity contribution in [2.75, 3.05) is 5.73 Å². The van der Waals surface area contributed by atoms with Crippen molar-refractivity contribution in [2.24, 2.45) is 0 Å². The van der Waals surface area contributed by atoms with Crippen molar-refractivity contribution >= 4 is 39.9 Å². The predicted molar refractivity (Wildman–Crippen MR) is 85.2 cm³/mol. The van der Waals surface area contributed by atoms with Crippen LogP contribution in [0.4, 0.5) is 10.1 Å². The number of rotatable bonds is 2. The average Bonchev–Trinajstić information content (AvgIpc) is 2.79. The molecule has 6 heteroatoms. The molecule has 0 aliphatic heterocycles. The van der Waals surface area contributed by atoms with Gasteiger partial charge in [-0.05, 0) is 31.2 Å². The number of fused-ring (bicyclic) bond motifs is 1. The van der Waals surface area contributed by atoms with Crippen LogP contribution in [0.2, 0.25) is 10.0 Å². The molecular formula is C15H12Cl2FN3. The van der Waals surface area contributed by atoms with Crippen LogP contribution >= 0.6 is 23.2 Å². The first-order valence-electron chi connectivity index (χ1n) is 6.42. The lowest BCUT2D eigenvalue weighted by atomic mass is 10.1. The van der Waals surface area contributed by atoms with Gasteiger partial charge in [0, 0.05) is 23.2 Å². The summed E-state index contributed by atoms with van der Waals surface area (Å²) >= 11 is 12.1. The molecule has 1 aromatic heterocycles. The molecule has 0 unspecified atom stereocenters. The Labute approximate surface area is 131 Å². The molecule has 0 radical (unpaired) electrons. The van der Waals surface area contributed by atoms with Crippen LogP contribution in [-0.2, 0) is 6.54 Å². The lowest BCUT2D eigenvalue weighted by Crippen LogP contribution is -2.00. The zero-order chi connectivity index (χ0) is 15.1. The quantitative estimate of drug-likeness (QED) is 0.691. The van der Waals surface area contributed by atoms with E-state index >= 15 is 0 Å². The largest absolute Gasteiger partial charge is 0.397 e. The van der Waals surface area contributed by atoms with Gasteiger partial charge in [-0.1, -0.05) is 23.2 Å². The fraction of sp³-hybridized carbons (Fsp3) is 0.133. The van der Waals surface area contributed by atoms with E-state index in [2.05, 4.69) is 4.98 Å². The van der Waals surface area contributed by atoms with E-state index in [1.165, 1.54) is 12.1 Å². The van der Waals surface area contributed by atoms with Gasteiger partial charge in [0.1, 0.15) is 11.6 Å². The van der Waals surface area contributed by atoms with Crippen molar-refractivity contribution in [3.05, 3.63) is 46.2 Å². The first-order valence-corrected chi connectivity index (χ1v) is 7.17. The Morgan fingerprint density at radius 1 is 1.24 bits per heavy atom. The zero-order valence-corrected chi connectivity index (χ0v) is 12.7. The van der Waals surface area contributed by atoms with Gasteiger partial charge in [-0.15, -0.1) is 0 Å². The van der Waals surface area contributed by atoms with Crippen molar-refractivity contribution < 1.29 is 4.39 Å². The minimum atomic E-state index is -0.327. The molecule has 3 rings (SSSR count). The van der Waals surface area contributed by atoms with Gasteiger partial charge in [0.25, 0.3) is 0 Å². The van der Waals surface area contributed by atoms with Gasteiger partial charge in [-0.3, -0.25) is 0 Å². The normalized spacial score (nSPS) is 11.2. The minimum absolute atomic E-state index is 0.327. The van der Waals surface area contributed by atoms with Gasteiger partial charge >= 0.3 is 0 Å². The highest BCUT2D eigenvalue weighted by Gasteiger charge is 2.16. The molecule has 0 fully saturated rings. The van der Waals surface area contributed by atoms with Gasteiger partial charge in [0.2, 0.25) is 0 Å². The van der Waals surface area contributed by atoms with Gasteiger partial charge < -0.3 is 10.3 Å². The Kier molecular flexibility index (Phi) is 3.51. The molecule has 0 aliphatic carbocycles. The van der Waals surface area contributed by atoms with Crippen LogP contribution in [-0.4, -0.2) is 9.55 Å². The van der Waals surface area contributed by atoms with Crippen molar-refractivity contribution in [3.63, 3.8) is 0 Å². The van der Waals surface area contributed by atoms with Crippen LogP contribution in [0.25, 0.3) is 22.4 Å². The topological polar surface area (TPSA) is 43.8 Å². The van der Waals surface area contributed by atoms with E-state index in [0.29, 0.717) is 39.2 Å². The second-order valence-corrected chi connectivity index (χ2v) is 5.51. The molecule has 0 bridgehead atoms. The highest BCUT2D eigenvalue weighted by Crippen LogP contribution is 2.35. The monoisotopic (exact) mass is 323 g/mol. The van der Waals surface area contributed by atoms with E-state index in [4.69, 9.17) is 28.9 Å². The summed E-state index contributed by atoms with van der Waals surface area (Å²) in [5, 5.41) is 0.850. The third-order valence-corrected chi connectivity index (χ3v) is 3.89. The molecule has 108 valence electrons. The second kappa shape index (κ2) is 5.20. The van der Waals surface area contributed by atoms with Crippen LogP contribution in [0.3, 0.4) is 0 Å². The number of aryl methyl sites for hydroxylation is 1. The van der Waals surface area contributed by atoms with Gasteiger partial charge in [0.15, 0.2) is 0 Å². The number of nitrogen functional groups attached to an aromatic ring is 1. The number of hydrogen-bond donors (Lipinski definition) is 1. The Morgan fingerprint density at radius 3 is 2.71 bits per heavy atom. The standard InChI is InChI=1S/C15H12Cl2FN3/c1-2-21-13-4-3-9(18)7-12(13)20-15(21)10-5-8(16)6-11(17)14(10)19/h3-7H,2,19H2,1H3. The maximum absolute atomic E-state index is 13.4. The molecule has 2 aromatic carbocycles. The number of aromatic nitrogens is 2. The van der Waals surface area contributed by atoms with Crippen molar-refractivity contribution in [1.29, 1.82) is 0 Å². The Morgan fingerprint density at radius 2 is 2.00 bits per heavy atom. The summed E-state index contributed by atoms with van der Waals surface area (Å²) in [7, 11) is 0. The summed E-state index contributed by atoms with van der Waals surface area (Å²) < 4.78 is 15.3. The summed E-state index contributed by atoms with van der Waals surface area (Å²) in [6, 6.07) is 7.81. The van der Waals surface area contributed by atoms with Crippen LogP contribution in [0.5, 0.6) is 0 Å². The lowest BCUT2D eigenvalue weighted by Gasteiger charge is -2.10. The van der Waals surface area contributed by atoms with Crippen molar-refractivity contribution in [1.82, 2.24) is 9.55 Å². The second-order valence-electron chi connectivity index (χ2n) is 4.66. The summed E-state index contributed by atoms with van der Waals surface area (Å²) in [5.41, 5.74) is 8.50. The van der Waals surface area contributed by atoms with Crippen LogP contribution < -0.4 is 5.73 Å². The molecule has 0 amide bonds. The Hall–Kier alpha value is -1.78. The zero-order valence-electron chi connectivity index (χ0n) is 11.2. The number of halogens is 3. The van der Waals surface area contributed by atoms with Crippen LogP contribution in [0.1, 0.15) is 6.92 Å². The van der Waals surface area contributed by atoms with Gasteiger partial charge in [-0.2, -0.15) is 0 Å². The van der Waals surface area contributed by atoms with Gasteiger partial charge in [-0.25, -0.2) is 9.37 Å². The number of nitrogens with zero attached hydrogens (tertiary/aromatic N) is 2. The number of imidazole rings is 1.